The number of hydrogen-bond acceptors (Lipinski definition) is 5. The summed E-state index contributed by atoms with van der Waals surface area (Å²) in [6, 6.07) is 5.75. The second-order valence-electron chi connectivity index (χ2n) is 4.83. The predicted molar refractivity (Wildman–Crippen MR) is 93.9 cm³/mol. The van der Waals surface area contributed by atoms with Crippen LogP contribution in [-0.4, -0.2) is 28.4 Å². The smallest absolute Gasteiger partial charge is 0.266 e. The molecule has 0 unspecified atom stereocenters. The highest BCUT2D eigenvalue weighted by Gasteiger charge is 2.12. The van der Waals surface area contributed by atoms with Crippen LogP contribution < -0.4 is 5.32 Å². The number of nitrogens with zero attached hydrogens (tertiary/aromatic N) is 1. The Bertz CT molecular complexity index is 641. The number of aromatic nitrogens is 1. The van der Waals surface area contributed by atoms with E-state index in [4.69, 9.17) is 5.11 Å². The molecule has 0 atom stereocenters. The van der Waals surface area contributed by atoms with Crippen molar-refractivity contribution in [3.63, 3.8) is 0 Å². The van der Waals surface area contributed by atoms with Crippen molar-refractivity contribution in [1.29, 1.82) is 0 Å². The molecule has 0 fully saturated rings. The van der Waals surface area contributed by atoms with E-state index in [0.29, 0.717) is 11.6 Å². The van der Waals surface area contributed by atoms with Gasteiger partial charge in [0.1, 0.15) is 5.82 Å². The Labute approximate surface area is 139 Å². The lowest BCUT2D eigenvalue weighted by molar-refractivity contribution is 0.103. The lowest BCUT2D eigenvalue weighted by Crippen LogP contribution is -2.11. The largest absolute Gasteiger partial charge is 0.396 e. The van der Waals surface area contributed by atoms with E-state index in [9.17, 15) is 4.79 Å². The van der Waals surface area contributed by atoms with Gasteiger partial charge in [-0.2, -0.15) is 11.8 Å². The topological polar surface area (TPSA) is 62.2 Å². The number of pyridine rings is 1. The molecule has 0 aliphatic rings. The standard InChI is InChI=1S/C16H20N2O2S2/c1-3-13-9-14(22-11(13)2)16(20)18-15-8-12(4-5-17-15)10-21-7-6-19/h4-5,8-9,19H,3,6-7,10H2,1-2H3,(H,17,18,20). The number of hydrogen-bond donors (Lipinski definition) is 2. The fraction of sp³-hybridized carbons (Fsp3) is 0.375. The number of aryl methyl sites for hydroxylation is 2. The second-order valence-corrected chi connectivity index (χ2v) is 7.19. The van der Waals surface area contributed by atoms with Gasteiger partial charge < -0.3 is 10.4 Å². The van der Waals surface area contributed by atoms with Crippen molar-refractivity contribution < 1.29 is 9.90 Å². The van der Waals surface area contributed by atoms with Crippen LogP contribution in [0.3, 0.4) is 0 Å². The van der Waals surface area contributed by atoms with Gasteiger partial charge in [0.05, 0.1) is 11.5 Å². The Balaban J connectivity index is 2.03. The monoisotopic (exact) mass is 336 g/mol. The van der Waals surface area contributed by atoms with Crippen LogP contribution in [0.4, 0.5) is 5.82 Å². The molecule has 2 rings (SSSR count). The third kappa shape index (κ3) is 4.56. The summed E-state index contributed by atoms with van der Waals surface area (Å²) in [7, 11) is 0. The molecular weight excluding hydrogens is 316 g/mol. The summed E-state index contributed by atoms with van der Waals surface area (Å²) in [6.07, 6.45) is 2.63. The number of thioether (sulfide) groups is 1. The average Bonchev–Trinajstić information content (AvgIpc) is 2.89. The van der Waals surface area contributed by atoms with Crippen LogP contribution in [0.15, 0.2) is 24.4 Å². The van der Waals surface area contributed by atoms with E-state index in [-0.39, 0.29) is 12.5 Å². The average molecular weight is 336 g/mol. The van der Waals surface area contributed by atoms with Gasteiger partial charge in [0, 0.05) is 22.6 Å². The number of carbonyl (C=O) groups is 1. The van der Waals surface area contributed by atoms with E-state index < -0.39 is 0 Å². The van der Waals surface area contributed by atoms with Crippen molar-refractivity contribution in [2.24, 2.45) is 0 Å². The summed E-state index contributed by atoms with van der Waals surface area (Å²) >= 11 is 3.17. The Kier molecular flexibility index (Phi) is 6.42. The van der Waals surface area contributed by atoms with Crippen molar-refractivity contribution in [2.75, 3.05) is 17.7 Å². The Morgan fingerprint density at radius 3 is 2.95 bits per heavy atom. The molecule has 2 heterocycles. The highest BCUT2D eigenvalue weighted by atomic mass is 32.2. The van der Waals surface area contributed by atoms with Gasteiger partial charge in [-0.3, -0.25) is 4.79 Å². The molecule has 2 N–H and O–H groups in total. The van der Waals surface area contributed by atoms with E-state index in [1.54, 1.807) is 18.0 Å². The van der Waals surface area contributed by atoms with Gasteiger partial charge in [-0.25, -0.2) is 4.98 Å². The number of anilines is 1. The van der Waals surface area contributed by atoms with Gasteiger partial charge in [-0.05, 0) is 42.7 Å². The van der Waals surface area contributed by atoms with E-state index in [1.807, 2.05) is 25.1 Å². The van der Waals surface area contributed by atoms with Crippen LogP contribution in [0.25, 0.3) is 0 Å². The van der Waals surface area contributed by atoms with Gasteiger partial charge in [0.15, 0.2) is 0 Å². The lowest BCUT2D eigenvalue weighted by Gasteiger charge is -2.05. The third-order valence-corrected chi connectivity index (χ3v) is 5.30. The van der Waals surface area contributed by atoms with E-state index >= 15 is 0 Å². The van der Waals surface area contributed by atoms with E-state index in [1.165, 1.54) is 21.8 Å². The molecule has 2 aromatic heterocycles. The summed E-state index contributed by atoms with van der Waals surface area (Å²) in [5, 5.41) is 11.7. The van der Waals surface area contributed by atoms with Crippen LogP contribution in [0.2, 0.25) is 0 Å². The molecule has 0 saturated heterocycles. The van der Waals surface area contributed by atoms with Crippen LogP contribution in [0.1, 0.15) is 32.6 Å². The van der Waals surface area contributed by atoms with Crippen molar-refractivity contribution in [1.82, 2.24) is 4.98 Å². The number of thiophene rings is 1. The molecule has 0 spiro atoms. The van der Waals surface area contributed by atoms with Gasteiger partial charge in [0.25, 0.3) is 5.91 Å². The van der Waals surface area contributed by atoms with Crippen molar-refractivity contribution in [2.45, 2.75) is 26.0 Å². The minimum Gasteiger partial charge on any atom is -0.396 e. The SMILES string of the molecule is CCc1cc(C(=O)Nc2cc(CSCCO)ccn2)sc1C. The molecule has 118 valence electrons. The van der Waals surface area contributed by atoms with Crippen molar-refractivity contribution >= 4 is 34.8 Å². The molecular formula is C16H20N2O2S2. The number of rotatable bonds is 7. The third-order valence-electron chi connectivity index (χ3n) is 3.20. The van der Waals surface area contributed by atoms with Crippen molar-refractivity contribution in [3.8, 4) is 0 Å². The Hall–Kier alpha value is -1.37. The minimum atomic E-state index is -0.111. The maximum Gasteiger partial charge on any atom is 0.266 e. The fourth-order valence-electron chi connectivity index (χ4n) is 2.05. The molecule has 0 aromatic carbocycles. The van der Waals surface area contributed by atoms with Gasteiger partial charge in [0.2, 0.25) is 0 Å². The Morgan fingerprint density at radius 2 is 2.27 bits per heavy atom. The number of aliphatic hydroxyl groups is 1. The van der Waals surface area contributed by atoms with Gasteiger partial charge >= 0.3 is 0 Å². The maximum atomic E-state index is 12.3. The molecule has 0 aliphatic carbocycles. The number of nitrogens with one attached hydrogen (secondary N) is 1. The van der Waals surface area contributed by atoms with E-state index in [2.05, 4.69) is 17.2 Å². The molecule has 6 heteroatoms. The summed E-state index contributed by atoms with van der Waals surface area (Å²) in [4.78, 5) is 18.4. The molecule has 0 aliphatic heterocycles. The zero-order valence-corrected chi connectivity index (χ0v) is 14.4. The maximum absolute atomic E-state index is 12.3. The zero-order chi connectivity index (χ0) is 15.9. The number of carbonyl (C=O) groups excluding carboxylic acids is 1. The number of aliphatic hydroxyl groups excluding tert-OH is 1. The summed E-state index contributed by atoms with van der Waals surface area (Å²) in [6.45, 7) is 4.31. The fourth-order valence-corrected chi connectivity index (χ4v) is 3.75. The van der Waals surface area contributed by atoms with Crippen molar-refractivity contribution in [3.05, 3.63) is 45.3 Å². The summed E-state index contributed by atoms with van der Waals surface area (Å²) in [5.74, 6) is 1.96. The highest BCUT2D eigenvalue weighted by Crippen LogP contribution is 2.23. The normalized spacial score (nSPS) is 10.7. The first-order valence-corrected chi connectivity index (χ1v) is 9.15. The molecule has 4 nitrogen and oxygen atoms in total. The van der Waals surface area contributed by atoms with Gasteiger partial charge in [-0.15, -0.1) is 11.3 Å². The first kappa shape index (κ1) is 17.0. The minimum absolute atomic E-state index is 0.111. The molecule has 2 aromatic rings. The van der Waals surface area contributed by atoms with Crippen LogP contribution in [0, 0.1) is 6.92 Å². The van der Waals surface area contributed by atoms with Crippen LogP contribution in [0.5, 0.6) is 0 Å². The first-order valence-electron chi connectivity index (χ1n) is 7.18. The van der Waals surface area contributed by atoms with Crippen LogP contribution in [-0.2, 0) is 12.2 Å². The Morgan fingerprint density at radius 1 is 1.45 bits per heavy atom. The molecule has 0 radical (unpaired) electrons. The summed E-state index contributed by atoms with van der Waals surface area (Å²) < 4.78 is 0. The zero-order valence-electron chi connectivity index (χ0n) is 12.8. The molecule has 22 heavy (non-hydrogen) atoms. The number of amides is 1. The lowest BCUT2D eigenvalue weighted by atomic mass is 10.2. The summed E-state index contributed by atoms with van der Waals surface area (Å²) in [5.41, 5.74) is 2.30. The molecule has 0 saturated carbocycles. The molecule has 0 bridgehead atoms. The quantitative estimate of drug-likeness (QED) is 0.760. The molecule has 1 amide bonds. The first-order chi connectivity index (χ1) is 10.6. The van der Waals surface area contributed by atoms with Crippen LogP contribution >= 0.6 is 23.1 Å². The van der Waals surface area contributed by atoms with E-state index in [0.717, 1.165) is 22.6 Å². The highest BCUT2D eigenvalue weighted by molar-refractivity contribution is 7.98. The van der Waals surface area contributed by atoms with Gasteiger partial charge in [-0.1, -0.05) is 6.92 Å². The predicted octanol–water partition coefficient (Wildman–Crippen LogP) is 3.49. The second kappa shape index (κ2) is 8.31.